The van der Waals surface area contributed by atoms with Gasteiger partial charge in [-0.1, -0.05) is 11.3 Å². The summed E-state index contributed by atoms with van der Waals surface area (Å²) in [6.45, 7) is 2.32. The molecule has 1 aliphatic rings. The number of carbonyl (C=O) groups excluding carboxylic acids is 1. The monoisotopic (exact) mass is 347 g/mol. The van der Waals surface area contributed by atoms with Crippen molar-refractivity contribution in [2.75, 3.05) is 11.9 Å². The molecule has 2 unspecified atom stereocenters. The second-order valence-corrected chi connectivity index (χ2v) is 6.91. The van der Waals surface area contributed by atoms with E-state index >= 15 is 0 Å². The van der Waals surface area contributed by atoms with Crippen molar-refractivity contribution >= 4 is 44.4 Å². The van der Waals surface area contributed by atoms with Crippen LogP contribution in [0.3, 0.4) is 0 Å². The Hall–Kier alpha value is -1.15. The Morgan fingerprint density at radius 2 is 2.37 bits per heavy atom. The Morgan fingerprint density at radius 1 is 1.63 bits per heavy atom. The minimum Gasteiger partial charge on any atom is -0.481 e. The maximum Gasteiger partial charge on any atom is 0.323 e. The zero-order valence-corrected chi connectivity index (χ0v) is 12.7. The number of likely N-dealkylation sites (tertiary alicyclic amines) is 1. The molecule has 0 aromatic carbocycles. The molecule has 0 saturated carbocycles. The van der Waals surface area contributed by atoms with E-state index in [9.17, 15) is 9.59 Å². The quantitative estimate of drug-likeness (QED) is 0.861. The van der Waals surface area contributed by atoms with Crippen LogP contribution >= 0.6 is 27.3 Å². The molecule has 0 spiro atoms. The number of anilines is 1. The van der Waals surface area contributed by atoms with Crippen LogP contribution in [0, 0.1) is 5.92 Å². The van der Waals surface area contributed by atoms with Crippen LogP contribution in [-0.2, 0) is 4.79 Å². The number of piperidine rings is 1. The zero-order chi connectivity index (χ0) is 14.0. The van der Waals surface area contributed by atoms with Gasteiger partial charge in [0.2, 0.25) is 0 Å². The van der Waals surface area contributed by atoms with E-state index in [2.05, 4.69) is 26.2 Å². The normalized spacial score (nSPS) is 23.2. The van der Waals surface area contributed by atoms with Gasteiger partial charge in [0, 0.05) is 12.6 Å². The number of halogens is 1. The van der Waals surface area contributed by atoms with Crippen molar-refractivity contribution in [2.45, 2.75) is 25.8 Å². The lowest BCUT2D eigenvalue weighted by molar-refractivity contribution is -0.143. The molecular formula is C11H14BrN3O3S. The first kappa shape index (κ1) is 14.3. The number of aromatic nitrogens is 1. The molecule has 0 aliphatic carbocycles. The lowest BCUT2D eigenvalue weighted by Crippen LogP contribution is -2.47. The Labute approximate surface area is 122 Å². The fourth-order valence-electron chi connectivity index (χ4n) is 2.17. The third-order valence-corrected chi connectivity index (χ3v) is 4.57. The molecule has 1 fully saturated rings. The summed E-state index contributed by atoms with van der Waals surface area (Å²) in [6, 6.07) is -0.309. The first-order chi connectivity index (χ1) is 8.97. The molecule has 1 saturated heterocycles. The number of carboxylic acids is 1. The Kier molecular flexibility index (Phi) is 4.41. The third-order valence-electron chi connectivity index (χ3n) is 3.18. The van der Waals surface area contributed by atoms with Gasteiger partial charge in [0.1, 0.15) is 0 Å². The molecule has 19 heavy (non-hydrogen) atoms. The van der Waals surface area contributed by atoms with Gasteiger partial charge < -0.3 is 10.0 Å². The fourth-order valence-corrected chi connectivity index (χ4v) is 3.27. The van der Waals surface area contributed by atoms with Crippen molar-refractivity contribution in [3.05, 3.63) is 9.98 Å². The largest absolute Gasteiger partial charge is 0.481 e. The lowest BCUT2D eigenvalue weighted by Gasteiger charge is -2.35. The average Bonchev–Trinajstić information content (AvgIpc) is 2.74. The molecule has 6 nitrogen and oxygen atoms in total. The van der Waals surface area contributed by atoms with Gasteiger partial charge in [-0.3, -0.25) is 10.1 Å². The highest BCUT2D eigenvalue weighted by Gasteiger charge is 2.32. The van der Waals surface area contributed by atoms with Crippen molar-refractivity contribution in [1.82, 2.24) is 9.88 Å². The van der Waals surface area contributed by atoms with Gasteiger partial charge in [0.15, 0.2) is 5.13 Å². The number of hydrogen-bond acceptors (Lipinski definition) is 4. The summed E-state index contributed by atoms with van der Waals surface area (Å²) in [5.74, 6) is -1.14. The number of nitrogens with one attached hydrogen (secondary N) is 1. The van der Waals surface area contributed by atoms with Crippen molar-refractivity contribution in [3.63, 3.8) is 0 Å². The van der Waals surface area contributed by atoms with E-state index in [1.54, 1.807) is 11.1 Å². The van der Waals surface area contributed by atoms with E-state index in [1.807, 2.05) is 6.92 Å². The van der Waals surface area contributed by atoms with E-state index in [0.717, 1.165) is 3.79 Å². The van der Waals surface area contributed by atoms with Crippen molar-refractivity contribution in [3.8, 4) is 0 Å². The number of urea groups is 1. The van der Waals surface area contributed by atoms with Crippen molar-refractivity contribution in [1.29, 1.82) is 0 Å². The smallest absolute Gasteiger partial charge is 0.323 e. The van der Waals surface area contributed by atoms with Crippen LogP contribution in [0.4, 0.5) is 9.93 Å². The minimum absolute atomic E-state index is 0.0850. The van der Waals surface area contributed by atoms with Crippen LogP contribution in [-0.4, -0.2) is 39.6 Å². The lowest BCUT2D eigenvalue weighted by atomic mass is 9.92. The maximum absolute atomic E-state index is 12.1. The molecule has 2 heterocycles. The summed E-state index contributed by atoms with van der Waals surface area (Å²) >= 11 is 4.62. The average molecular weight is 348 g/mol. The van der Waals surface area contributed by atoms with Crippen molar-refractivity contribution < 1.29 is 14.7 Å². The third kappa shape index (κ3) is 3.44. The molecule has 2 N–H and O–H groups in total. The van der Waals surface area contributed by atoms with E-state index < -0.39 is 5.97 Å². The highest BCUT2D eigenvalue weighted by Crippen LogP contribution is 2.26. The molecule has 0 radical (unpaired) electrons. The number of nitrogens with zero attached hydrogens (tertiary/aromatic N) is 2. The molecule has 104 valence electrons. The van der Waals surface area contributed by atoms with Gasteiger partial charge in [0.25, 0.3) is 0 Å². The number of hydrogen-bond donors (Lipinski definition) is 2. The van der Waals surface area contributed by atoms with Gasteiger partial charge in [-0.05, 0) is 35.7 Å². The molecule has 1 aromatic rings. The van der Waals surface area contributed by atoms with Crippen LogP contribution in [0.1, 0.15) is 19.8 Å². The van der Waals surface area contributed by atoms with Crippen LogP contribution < -0.4 is 5.32 Å². The second-order valence-electron chi connectivity index (χ2n) is 4.50. The van der Waals surface area contributed by atoms with E-state index in [1.165, 1.54) is 11.3 Å². The summed E-state index contributed by atoms with van der Waals surface area (Å²) in [5.41, 5.74) is 0. The summed E-state index contributed by atoms with van der Waals surface area (Å²) in [5, 5.41) is 12.2. The highest BCUT2D eigenvalue weighted by atomic mass is 79.9. The number of rotatable bonds is 2. The Balaban J connectivity index is 1.95. The molecule has 1 aromatic heterocycles. The Bertz CT molecular complexity index is 493. The predicted octanol–water partition coefficient (Wildman–Crippen LogP) is 2.62. The molecule has 2 amide bonds. The molecule has 2 atom stereocenters. The number of aliphatic carboxylic acids is 1. The molecule has 1 aliphatic heterocycles. The number of carboxylic acid groups (broad SMARTS) is 1. The topological polar surface area (TPSA) is 82.5 Å². The summed E-state index contributed by atoms with van der Waals surface area (Å²) in [7, 11) is 0. The standard InChI is InChI=1S/C11H14BrN3O3S/c1-6-4-7(9(16)17)2-3-15(6)11(18)14-10-13-5-8(12)19-10/h5-7H,2-4H2,1H3,(H,16,17)(H,13,14,18). The summed E-state index contributed by atoms with van der Waals surface area (Å²) in [6.07, 6.45) is 2.61. The van der Waals surface area contributed by atoms with Crippen molar-refractivity contribution in [2.24, 2.45) is 5.92 Å². The zero-order valence-electron chi connectivity index (χ0n) is 10.3. The van der Waals surface area contributed by atoms with Gasteiger partial charge >= 0.3 is 12.0 Å². The summed E-state index contributed by atoms with van der Waals surface area (Å²) < 4.78 is 0.848. The minimum atomic E-state index is -0.782. The van der Waals surface area contributed by atoms with Gasteiger partial charge in [-0.25, -0.2) is 9.78 Å². The number of amides is 2. The molecular weight excluding hydrogens is 334 g/mol. The number of thiazole rings is 1. The molecule has 8 heteroatoms. The Morgan fingerprint density at radius 3 is 2.89 bits per heavy atom. The fraction of sp³-hybridized carbons (Fsp3) is 0.545. The summed E-state index contributed by atoms with van der Waals surface area (Å²) in [4.78, 5) is 28.7. The molecule has 2 rings (SSSR count). The SMILES string of the molecule is CC1CC(C(=O)O)CCN1C(=O)Nc1ncc(Br)s1. The highest BCUT2D eigenvalue weighted by molar-refractivity contribution is 9.11. The van der Waals surface area contributed by atoms with Crippen LogP contribution in [0.15, 0.2) is 9.98 Å². The van der Waals surface area contributed by atoms with E-state index in [0.29, 0.717) is 24.5 Å². The first-order valence-electron chi connectivity index (χ1n) is 5.89. The van der Waals surface area contributed by atoms with Crippen LogP contribution in [0.5, 0.6) is 0 Å². The van der Waals surface area contributed by atoms with E-state index in [-0.39, 0.29) is 18.0 Å². The van der Waals surface area contributed by atoms with Gasteiger partial charge in [-0.15, -0.1) is 0 Å². The number of carbonyl (C=O) groups is 2. The van der Waals surface area contributed by atoms with Crippen LogP contribution in [0.2, 0.25) is 0 Å². The van der Waals surface area contributed by atoms with Crippen LogP contribution in [0.25, 0.3) is 0 Å². The second kappa shape index (κ2) is 5.87. The first-order valence-corrected chi connectivity index (χ1v) is 7.50. The van der Waals surface area contributed by atoms with Gasteiger partial charge in [-0.2, -0.15) is 0 Å². The van der Waals surface area contributed by atoms with Gasteiger partial charge in [0.05, 0.1) is 15.9 Å². The maximum atomic E-state index is 12.1. The predicted molar refractivity (Wildman–Crippen MR) is 75.4 cm³/mol. The van der Waals surface area contributed by atoms with E-state index in [4.69, 9.17) is 5.11 Å². The molecule has 0 bridgehead atoms.